The van der Waals surface area contributed by atoms with Crippen molar-refractivity contribution in [2.45, 2.75) is 26.2 Å². The van der Waals surface area contributed by atoms with Crippen molar-refractivity contribution >= 4 is 28.3 Å². The Labute approximate surface area is 93.4 Å². The Morgan fingerprint density at radius 3 is 2.64 bits per heavy atom. The van der Waals surface area contributed by atoms with Crippen molar-refractivity contribution in [1.82, 2.24) is 9.36 Å². The fourth-order valence-corrected chi connectivity index (χ4v) is 1.59. The predicted octanol–water partition coefficient (Wildman–Crippen LogP) is 3.00. The first-order valence-electron chi connectivity index (χ1n) is 4.31. The molecule has 1 N–H and O–H groups in total. The standard InChI is InChI=1S/C9H14ClN3S/c1-6(10)5-11-8-12-7(13-14-8)9(2,3)4/h1,5H2,2-4H3,(H,11,12,13). The zero-order chi connectivity index (χ0) is 10.8. The second kappa shape index (κ2) is 4.28. The minimum atomic E-state index is -0.00555. The van der Waals surface area contributed by atoms with Gasteiger partial charge < -0.3 is 5.32 Å². The molecule has 0 radical (unpaired) electrons. The van der Waals surface area contributed by atoms with E-state index in [0.29, 0.717) is 11.6 Å². The molecule has 0 saturated carbocycles. The molecule has 5 heteroatoms. The molecule has 1 aromatic heterocycles. The van der Waals surface area contributed by atoms with Gasteiger partial charge in [-0.15, -0.1) is 0 Å². The van der Waals surface area contributed by atoms with E-state index in [0.717, 1.165) is 11.0 Å². The quantitative estimate of drug-likeness (QED) is 0.869. The van der Waals surface area contributed by atoms with Crippen molar-refractivity contribution in [1.29, 1.82) is 0 Å². The summed E-state index contributed by atoms with van der Waals surface area (Å²) in [4.78, 5) is 4.35. The molecule has 0 spiro atoms. The summed E-state index contributed by atoms with van der Waals surface area (Å²) in [6.45, 7) is 10.4. The Balaban J connectivity index is 2.64. The van der Waals surface area contributed by atoms with Gasteiger partial charge in [0, 0.05) is 22.0 Å². The average molecular weight is 232 g/mol. The summed E-state index contributed by atoms with van der Waals surface area (Å²) in [7, 11) is 0. The van der Waals surface area contributed by atoms with Crippen LogP contribution in [0.5, 0.6) is 0 Å². The highest BCUT2D eigenvalue weighted by Crippen LogP contribution is 2.22. The van der Waals surface area contributed by atoms with Crippen molar-refractivity contribution in [2.75, 3.05) is 11.9 Å². The van der Waals surface area contributed by atoms with Crippen LogP contribution in [0.4, 0.5) is 5.13 Å². The zero-order valence-corrected chi connectivity index (χ0v) is 10.2. The highest BCUT2D eigenvalue weighted by molar-refractivity contribution is 7.09. The monoisotopic (exact) mass is 231 g/mol. The maximum absolute atomic E-state index is 5.62. The summed E-state index contributed by atoms with van der Waals surface area (Å²) in [6.07, 6.45) is 0. The molecule has 0 saturated heterocycles. The molecular weight excluding hydrogens is 218 g/mol. The lowest BCUT2D eigenvalue weighted by Crippen LogP contribution is -2.13. The van der Waals surface area contributed by atoms with Crippen LogP contribution in [-0.2, 0) is 5.41 Å². The van der Waals surface area contributed by atoms with Gasteiger partial charge in [0.25, 0.3) is 0 Å². The third-order valence-electron chi connectivity index (χ3n) is 1.53. The summed E-state index contributed by atoms with van der Waals surface area (Å²) in [5.41, 5.74) is -0.00555. The number of rotatable bonds is 3. The van der Waals surface area contributed by atoms with Crippen LogP contribution in [0.25, 0.3) is 0 Å². The Morgan fingerprint density at radius 1 is 1.57 bits per heavy atom. The molecule has 0 amide bonds. The van der Waals surface area contributed by atoms with Crippen molar-refractivity contribution < 1.29 is 0 Å². The van der Waals surface area contributed by atoms with Crippen LogP contribution in [0.1, 0.15) is 26.6 Å². The second-order valence-corrected chi connectivity index (χ2v) is 5.33. The third-order valence-corrected chi connectivity index (χ3v) is 2.33. The molecule has 0 aliphatic rings. The van der Waals surface area contributed by atoms with Crippen LogP contribution in [0.15, 0.2) is 11.6 Å². The van der Waals surface area contributed by atoms with E-state index in [2.05, 4.69) is 42.0 Å². The molecule has 0 unspecified atom stereocenters. The number of nitrogens with zero attached hydrogens (tertiary/aromatic N) is 2. The van der Waals surface area contributed by atoms with Crippen molar-refractivity contribution in [3.8, 4) is 0 Å². The second-order valence-electron chi connectivity index (χ2n) is 4.04. The topological polar surface area (TPSA) is 37.8 Å². The van der Waals surface area contributed by atoms with Crippen LogP contribution in [0.3, 0.4) is 0 Å². The van der Waals surface area contributed by atoms with E-state index in [1.54, 1.807) is 0 Å². The number of hydrogen-bond donors (Lipinski definition) is 1. The van der Waals surface area contributed by atoms with E-state index < -0.39 is 0 Å². The van der Waals surface area contributed by atoms with Gasteiger partial charge in [-0.05, 0) is 0 Å². The fraction of sp³-hybridized carbons (Fsp3) is 0.556. The zero-order valence-electron chi connectivity index (χ0n) is 8.59. The number of hydrogen-bond acceptors (Lipinski definition) is 4. The van der Waals surface area contributed by atoms with Gasteiger partial charge in [-0.3, -0.25) is 0 Å². The first-order valence-corrected chi connectivity index (χ1v) is 5.46. The average Bonchev–Trinajstić information content (AvgIpc) is 2.47. The van der Waals surface area contributed by atoms with Crippen molar-refractivity contribution in [3.05, 3.63) is 17.4 Å². The van der Waals surface area contributed by atoms with E-state index in [1.807, 2.05) is 0 Å². The molecule has 0 aliphatic carbocycles. The van der Waals surface area contributed by atoms with Crippen LogP contribution >= 0.6 is 23.1 Å². The van der Waals surface area contributed by atoms with Crippen LogP contribution in [0, 0.1) is 0 Å². The lowest BCUT2D eigenvalue weighted by molar-refractivity contribution is 0.555. The van der Waals surface area contributed by atoms with E-state index in [-0.39, 0.29) is 5.41 Å². The Bertz CT molecular complexity index is 327. The first kappa shape index (κ1) is 11.5. The van der Waals surface area contributed by atoms with Crippen molar-refractivity contribution in [2.24, 2.45) is 0 Å². The van der Waals surface area contributed by atoms with Gasteiger partial charge in [0.15, 0.2) is 0 Å². The number of nitrogens with one attached hydrogen (secondary N) is 1. The normalized spacial score (nSPS) is 11.4. The summed E-state index contributed by atoms with van der Waals surface area (Å²) >= 11 is 6.97. The molecule has 1 aromatic rings. The number of halogens is 1. The fourth-order valence-electron chi connectivity index (χ4n) is 0.771. The maximum Gasteiger partial charge on any atom is 0.202 e. The molecule has 0 aliphatic heterocycles. The van der Waals surface area contributed by atoms with Gasteiger partial charge in [-0.1, -0.05) is 39.0 Å². The largest absolute Gasteiger partial charge is 0.355 e. The van der Waals surface area contributed by atoms with Crippen LogP contribution < -0.4 is 5.32 Å². The lowest BCUT2D eigenvalue weighted by Gasteiger charge is -2.12. The summed E-state index contributed by atoms with van der Waals surface area (Å²) in [5, 5.41) is 4.41. The van der Waals surface area contributed by atoms with Crippen molar-refractivity contribution in [3.63, 3.8) is 0 Å². The highest BCUT2D eigenvalue weighted by Gasteiger charge is 2.19. The molecule has 0 fully saturated rings. The van der Waals surface area contributed by atoms with E-state index in [4.69, 9.17) is 11.6 Å². The molecular formula is C9H14ClN3S. The summed E-state index contributed by atoms with van der Waals surface area (Å²) < 4.78 is 4.26. The van der Waals surface area contributed by atoms with Gasteiger partial charge in [-0.2, -0.15) is 4.37 Å². The molecule has 1 heterocycles. The Hall–Kier alpha value is -0.610. The molecule has 0 atom stereocenters. The molecule has 3 nitrogen and oxygen atoms in total. The van der Waals surface area contributed by atoms with Gasteiger partial charge in [0.05, 0.1) is 6.54 Å². The summed E-state index contributed by atoms with van der Waals surface area (Å²) in [6, 6.07) is 0. The minimum absolute atomic E-state index is 0.00555. The van der Waals surface area contributed by atoms with E-state index in [9.17, 15) is 0 Å². The molecule has 0 aromatic carbocycles. The van der Waals surface area contributed by atoms with E-state index >= 15 is 0 Å². The molecule has 1 rings (SSSR count). The predicted molar refractivity (Wildman–Crippen MR) is 62.1 cm³/mol. The summed E-state index contributed by atoms with van der Waals surface area (Å²) in [5.74, 6) is 0.852. The molecule has 78 valence electrons. The van der Waals surface area contributed by atoms with Crippen LogP contribution in [0.2, 0.25) is 0 Å². The first-order chi connectivity index (χ1) is 6.39. The number of anilines is 1. The van der Waals surface area contributed by atoms with Gasteiger partial charge in [0.2, 0.25) is 5.13 Å². The SMILES string of the molecule is C=C(Cl)CNc1nc(C(C)(C)C)ns1. The lowest BCUT2D eigenvalue weighted by atomic mass is 9.96. The number of aromatic nitrogens is 2. The van der Waals surface area contributed by atoms with E-state index in [1.165, 1.54) is 11.5 Å². The smallest absolute Gasteiger partial charge is 0.202 e. The van der Waals surface area contributed by atoms with Gasteiger partial charge in [-0.25, -0.2) is 4.98 Å². The third kappa shape index (κ3) is 3.27. The van der Waals surface area contributed by atoms with Gasteiger partial charge >= 0.3 is 0 Å². The maximum atomic E-state index is 5.62. The highest BCUT2D eigenvalue weighted by atomic mass is 35.5. The molecule has 0 bridgehead atoms. The Kier molecular flexibility index (Phi) is 3.50. The Morgan fingerprint density at radius 2 is 2.21 bits per heavy atom. The minimum Gasteiger partial charge on any atom is -0.355 e. The van der Waals surface area contributed by atoms with Gasteiger partial charge in [0.1, 0.15) is 5.82 Å². The molecule has 14 heavy (non-hydrogen) atoms. The van der Waals surface area contributed by atoms with Crippen LogP contribution in [-0.4, -0.2) is 15.9 Å².